The van der Waals surface area contributed by atoms with E-state index in [2.05, 4.69) is 9.84 Å². The van der Waals surface area contributed by atoms with Crippen molar-refractivity contribution >= 4 is 36.9 Å². The Morgan fingerprint density at radius 2 is 1.74 bits per heavy atom. The molecule has 31 heavy (non-hydrogen) atoms. The lowest BCUT2D eigenvalue weighted by Crippen LogP contribution is -2.23. The third kappa shape index (κ3) is 6.27. The van der Waals surface area contributed by atoms with E-state index in [9.17, 15) is 14.2 Å². The molecule has 4 N–H and O–H groups in total. The van der Waals surface area contributed by atoms with Gasteiger partial charge in [-0.1, -0.05) is 53.5 Å². The zero-order chi connectivity index (χ0) is 22.6. The highest BCUT2D eigenvalue weighted by molar-refractivity contribution is 7.46. The van der Waals surface area contributed by atoms with Gasteiger partial charge in [0, 0.05) is 18.8 Å². The smallest absolute Gasteiger partial charge is 0.368 e. The summed E-state index contributed by atoms with van der Waals surface area (Å²) in [4.78, 5) is 40.2. The number of hydrogen-bond acceptors (Lipinski definition) is 4. The molecule has 0 saturated carbocycles. The van der Waals surface area contributed by atoms with Gasteiger partial charge in [-0.15, -0.1) is 0 Å². The molecule has 11 heteroatoms. The fraction of sp³-hybridized carbons (Fsp3) is 0.100. The zero-order valence-corrected chi connectivity index (χ0v) is 18.3. The van der Waals surface area contributed by atoms with Crippen LogP contribution < -0.4 is 10.9 Å². The van der Waals surface area contributed by atoms with E-state index >= 15 is 0 Å². The molecule has 2 aromatic carbocycles. The molecule has 1 atom stereocenters. The molecule has 162 valence electrons. The lowest BCUT2D eigenvalue weighted by molar-refractivity contribution is 0.0951. The van der Waals surface area contributed by atoms with Crippen molar-refractivity contribution in [1.82, 2.24) is 9.88 Å². The Balaban J connectivity index is 1.66. The summed E-state index contributed by atoms with van der Waals surface area (Å²) in [6.45, 7) is -0.238. The summed E-state index contributed by atoms with van der Waals surface area (Å²) >= 11 is 12.1. The van der Waals surface area contributed by atoms with E-state index in [-0.39, 0.29) is 28.1 Å². The van der Waals surface area contributed by atoms with Gasteiger partial charge in [0.05, 0.1) is 15.6 Å². The number of hydrogen-bond donors (Lipinski definition) is 2. The Bertz CT molecular complexity index is 1190. The molecular formula is C20H18Cl2N2O6P+. The monoisotopic (exact) mass is 483 g/mol. The molecule has 3 rings (SSSR count). The van der Waals surface area contributed by atoms with E-state index in [1.807, 2.05) is 0 Å². The van der Waals surface area contributed by atoms with Gasteiger partial charge in [-0.3, -0.25) is 19.0 Å². The largest absolute Gasteiger partial charge is 0.633 e. The van der Waals surface area contributed by atoms with E-state index in [0.29, 0.717) is 5.56 Å². The zero-order valence-electron chi connectivity index (χ0n) is 15.9. The summed E-state index contributed by atoms with van der Waals surface area (Å²) in [7, 11) is -4.42. The normalized spacial score (nSPS) is 12.9. The predicted molar refractivity (Wildman–Crippen MR) is 118 cm³/mol. The van der Waals surface area contributed by atoms with Crippen LogP contribution in [0, 0.1) is 0 Å². The van der Waals surface area contributed by atoms with Gasteiger partial charge in [0.15, 0.2) is 0 Å². The minimum absolute atomic E-state index is 0.218. The van der Waals surface area contributed by atoms with Crippen molar-refractivity contribution in [3.63, 3.8) is 0 Å². The summed E-state index contributed by atoms with van der Waals surface area (Å²) in [6, 6.07) is 15.0. The Morgan fingerprint density at radius 1 is 1.10 bits per heavy atom. The number of rotatable bonds is 7. The van der Waals surface area contributed by atoms with Crippen LogP contribution in [0.15, 0.2) is 65.6 Å². The first-order valence-corrected chi connectivity index (χ1v) is 11.2. The second-order valence-corrected chi connectivity index (χ2v) is 8.59. The molecule has 1 heterocycles. The summed E-state index contributed by atoms with van der Waals surface area (Å²) in [5, 5.41) is 3.30. The number of nitrogens with zero attached hydrogens (tertiary/aromatic N) is 1. The highest BCUT2D eigenvalue weighted by Crippen LogP contribution is 2.35. The molecule has 1 aromatic heterocycles. The Labute approximate surface area is 187 Å². The number of carbonyl (C=O) groups excluding carboxylic acids is 1. The van der Waals surface area contributed by atoms with Crippen LogP contribution in [0.3, 0.4) is 0 Å². The second-order valence-electron chi connectivity index (χ2n) is 6.48. The molecule has 0 aliphatic carbocycles. The van der Waals surface area contributed by atoms with Crippen molar-refractivity contribution in [2.45, 2.75) is 13.3 Å². The molecule has 1 amide bonds. The Morgan fingerprint density at radius 3 is 2.32 bits per heavy atom. The van der Waals surface area contributed by atoms with Gasteiger partial charge in [-0.05, 0) is 34.9 Å². The molecule has 1 unspecified atom stereocenters. The van der Waals surface area contributed by atoms with Crippen LogP contribution in [0.2, 0.25) is 10.0 Å². The number of carbonyl (C=O) groups is 1. The lowest BCUT2D eigenvalue weighted by atomic mass is 10.0. The van der Waals surface area contributed by atoms with Crippen LogP contribution in [0.5, 0.6) is 0 Å². The number of aromatic nitrogens is 1. The average Bonchev–Trinajstić information content (AvgIpc) is 2.71. The van der Waals surface area contributed by atoms with Gasteiger partial charge >= 0.3 is 7.82 Å². The van der Waals surface area contributed by atoms with Crippen LogP contribution in [-0.4, -0.2) is 20.3 Å². The van der Waals surface area contributed by atoms with E-state index in [4.69, 9.17) is 33.0 Å². The summed E-state index contributed by atoms with van der Waals surface area (Å²) < 4.78 is 16.4. The molecule has 0 saturated heterocycles. The van der Waals surface area contributed by atoms with Crippen LogP contribution in [-0.2, 0) is 22.4 Å². The van der Waals surface area contributed by atoms with Crippen molar-refractivity contribution in [2.24, 2.45) is 0 Å². The molecule has 0 aliphatic rings. The van der Waals surface area contributed by atoms with Gasteiger partial charge in [0.1, 0.15) is 6.73 Å². The van der Waals surface area contributed by atoms with Crippen LogP contribution in [0.25, 0.3) is 11.1 Å². The fourth-order valence-corrected chi connectivity index (χ4v) is 3.58. The Kier molecular flexibility index (Phi) is 7.33. The van der Waals surface area contributed by atoms with Crippen LogP contribution >= 0.6 is 31.0 Å². The SMILES string of the molecule is O=C(NCc1ccc(-c2ccn(COP(=O)(O)[OH2+])c(=O)c2)cc1)c1c(Cl)cccc1Cl. The van der Waals surface area contributed by atoms with Crippen molar-refractivity contribution in [1.29, 1.82) is 0 Å². The summed E-state index contributed by atoms with van der Waals surface area (Å²) in [5.41, 5.74) is 2.01. The number of halogens is 2. The van der Waals surface area contributed by atoms with Gasteiger partial charge in [-0.2, -0.15) is 4.57 Å². The van der Waals surface area contributed by atoms with Crippen molar-refractivity contribution in [3.8, 4) is 11.1 Å². The standard InChI is InChI=1S/C20H17Cl2N2O6P/c21-16-2-1-3-17(22)19(16)20(26)23-11-13-4-6-14(7-5-13)15-8-9-24(18(25)10-15)12-30-31(27,28)29/h1-10H,11-12H2,(H,23,26)(H2,27,28,29)/p+1. The number of pyridine rings is 1. The number of amides is 1. The molecule has 0 fully saturated rings. The lowest BCUT2D eigenvalue weighted by Gasteiger charge is -2.10. The predicted octanol–water partition coefficient (Wildman–Crippen LogP) is 3.55. The van der Waals surface area contributed by atoms with Crippen LogP contribution in [0.1, 0.15) is 15.9 Å². The first-order chi connectivity index (χ1) is 14.6. The maximum absolute atomic E-state index is 12.4. The van der Waals surface area contributed by atoms with Gasteiger partial charge in [-0.25, -0.2) is 4.52 Å². The average molecular weight is 484 g/mol. The van der Waals surface area contributed by atoms with E-state index < -0.39 is 20.1 Å². The highest BCUT2D eigenvalue weighted by Gasteiger charge is 2.22. The quantitative estimate of drug-likeness (QED) is 0.393. The molecule has 0 bridgehead atoms. The van der Waals surface area contributed by atoms with E-state index in [1.54, 1.807) is 48.5 Å². The van der Waals surface area contributed by atoms with E-state index in [0.717, 1.165) is 15.7 Å². The minimum Gasteiger partial charge on any atom is -0.368 e. The molecule has 0 aliphatic heterocycles. The maximum atomic E-state index is 12.4. The minimum atomic E-state index is -4.42. The highest BCUT2D eigenvalue weighted by atomic mass is 35.5. The molecule has 8 nitrogen and oxygen atoms in total. The third-order valence-corrected chi connectivity index (χ3v) is 5.39. The first kappa shape index (κ1) is 23.2. The maximum Gasteiger partial charge on any atom is 0.633 e. The first-order valence-electron chi connectivity index (χ1n) is 8.88. The van der Waals surface area contributed by atoms with Crippen molar-refractivity contribution in [2.75, 3.05) is 0 Å². The van der Waals surface area contributed by atoms with E-state index in [1.165, 1.54) is 12.3 Å². The van der Waals surface area contributed by atoms with Gasteiger partial charge in [0.2, 0.25) is 0 Å². The molecular weight excluding hydrogens is 466 g/mol. The fourth-order valence-electron chi connectivity index (χ4n) is 2.73. The second kappa shape index (κ2) is 9.78. The number of benzene rings is 2. The number of nitrogens with one attached hydrogen (secondary N) is 1. The van der Waals surface area contributed by atoms with Crippen LogP contribution in [0.4, 0.5) is 0 Å². The van der Waals surface area contributed by atoms with Crippen molar-refractivity contribution < 1.29 is 23.7 Å². The molecule has 0 radical (unpaired) electrons. The Hall–Kier alpha value is -2.45. The summed E-state index contributed by atoms with van der Waals surface area (Å²) in [5.74, 6) is -0.384. The molecule has 0 spiro atoms. The third-order valence-electron chi connectivity index (χ3n) is 4.30. The van der Waals surface area contributed by atoms with Gasteiger partial charge < -0.3 is 10.2 Å². The molecule has 3 aromatic rings. The topological polar surface area (TPSA) is 121 Å². The van der Waals surface area contributed by atoms with Gasteiger partial charge in [0.25, 0.3) is 11.5 Å². The summed E-state index contributed by atoms with van der Waals surface area (Å²) in [6.07, 6.45) is 1.41. The van der Waals surface area contributed by atoms with Crippen molar-refractivity contribution in [3.05, 3.63) is 92.3 Å².